The molecule has 1 atom stereocenters. The number of carboxylic acids is 1. The molecule has 3 amide bonds. The van der Waals surface area contributed by atoms with Crippen LogP contribution >= 0.6 is 0 Å². The fraction of sp³-hybridized carbons (Fsp3) is 0.500. The summed E-state index contributed by atoms with van der Waals surface area (Å²) >= 11 is 0. The van der Waals surface area contributed by atoms with Crippen LogP contribution in [0.4, 0.5) is 16.2 Å². The maximum atomic E-state index is 12.4. The average Bonchev–Trinajstić information content (AvgIpc) is 3.21. The van der Waals surface area contributed by atoms with Crippen LogP contribution in [0.3, 0.4) is 0 Å². The van der Waals surface area contributed by atoms with Crippen LogP contribution in [0, 0.1) is 5.41 Å². The van der Waals surface area contributed by atoms with Gasteiger partial charge in [-0.2, -0.15) is 0 Å². The number of benzene rings is 1. The third-order valence-electron chi connectivity index (χ3n) is 5.07. The van der Waals surface area contributed by atoms with E-state index in [0.29, 0.717) is 43.1 Å². The van der Waals surface area contributed by atoms with Gasteiger partial charge < -0.3 is 25.0 Å². The fourth-order valence-electron chi connectivity index (χ4n) is 3.39. The van der Waals surface area contributed by atoms with Gasteiger partial charge in [0.1, 0.15) is 5.75 Å². The Morgan fingerprint density at radius 2 is 2.08 bits per heavy atom. The van der Waals surface area contributed by atoms with Gasteiger partial charge in [-0.3, -0.25) is 9.59 Å². The molecule has 8 nitrogen and oxygen atoms in total. The maximum Gasteiger partial charge on any atom is 0.321 e. The van der Waals surface area contributed by atoms with E-state index in [4.69, 9.17) is 4.74 Å². The molecule has 140 valence electrons. The summed E-state index contributed by atoms with van der Waals surface area (Å²) in [6.45, 7) is 2.87. The third kappa shape index (κ3) is 3.31. The molecular weight excluding hydrogens is 338 g/mol. The SMILES string of the molecule is COc1cc(NC(=O)N2CCC(C)(C(=O)O)C2)ccc1N1CCCC1=O. The highest BCUT2D eigenvalue weighted by molar-refractivity contribution is 5.97. The van der Waals surface area contributed by atoms with Gasteiger partial charge in [-0.15, -0.1) is 0 Å². The van der Waals surface area contributed by atoms with E-state index >= 15 is 0 Å². The van der Waals surface area contributed by atoms with Crippen molar-refractivity contribution >= 4 is 29.3 Å². The number of rotatable bonds is 4. The zero-order valence-electron chi connectivity index (χ0n) is 14.9. The molecule has 0 bridgehead atoms. The van der Waals surface area contributed by atoms with Gasteiger partial charge in [0.15, 0.2) is 0 Å². The first-order valence-electron chi connectivity index (χ1n) is 8.62. The Hall–Kier alpha value is -2.77. The highest BCUT2D eigenvalue weighted by atomic mass is 16.5. The number of urea groups is 1. The van der Waals surface area contributed by atoms with E-state index in [2.05, 4.69) is 5.32 Å². The first-order chi connectivity index (χ1) is 12.3. The third-order valence-corrected chi connectivity index (χ3v) is 5.07. The summed E-state index contributed by atoms with van der Waals surface area (Å²) in [4.78, 5) is 38.9. The van der Waals surface area contributed by atoms with Gasteiger partial charge in [0, 0.05) is 37.8 Å². The molecule has 1 unspecified atom stereocenters. The lowest BCUT2D eigenvalue weighted by Gasteiger charge is -2.22. The van der Waals surface area contributed by atoms with E-state index in [1.165, 1.54) is 12.0 Å². The van der Waals surface area contributed by atoms with Crippen molar-refractivity contribution in [2.24, 2.45) is 5.41 Å². The molecule has 2 heterocycles. The second kappa shape index (κ2) is 6.86. The first-order valence-corrected chi connectivity index (χ1v) is 8.62. The summed E-state index contributed by atoms with van der Waals surface area (Å²) in [5.74, 6) is -0.325. The summed E-state index contributed by atoms with van der Waals surface area (Å²) in [7, 11) is 1.52. The summed E-state index contributed by atoms with van der Waals surface area (Å²) in [6, 6.07) is 4.80. The van der Waals surface area contributed by atoms with Crippen LogP contribution in [-0.4, -0.2) is 54.7 Å². The van der Waals surface area contributed by atoms with Crippen LogP contribution in [0.2, 0.25) is 0 Å². The topological polar surface area (TPSA) is 99.2 Å². The van der Waals surface area contributed by atoms with Gasteiger partial charge in [-0.25, -0.2) is 4.79 Å². The highest BCUT2D eigenvalue weighted by Gasteiger charge is 2.42. The van der Waals surface area contributed by atoms with E-state index in [9.17, 15) is 19.5 Å². The number of amides is 3. The maximum absolute atomic E-state index is 12.4. The Balaban J connectivity index is 1.71. The minimum absolute atomic E-state index is 0.0603. The largest absolute Gasteiger partial charge is 0.494 e. The summed E-state index contributed by atoms with van der Waals surface area (Å²) in [6.07, 6.45) is 1.77. The highest BCUT2D eigenvalue weighted by Crippen LogP contribution is 2.34. The Bertz CT molecular complexity index is 750. The normalized spacial score (nSPS) is 22.6. The van der Waals surface area contributed by atoms with E-state index < -0.39 is 11.4 Å². The number of carbonyl (C=O) groups excluding carboxylic acids is 2. The summed E-state index contributed by atoms with van der Waals surface area (Å²) in [5, 5.41) is 12.1. The zero-order valence-corrected chi connectivity index (χ0v) is 14.9. The van der Waals surface area contributed by atoms with Crippen molar-refractivity contribution in [2.75, 3.05) is 37.0 Å². The Kier molecular flexibility index (Phi) is 4.76. The standard InChI is InChI=1S/C18H23N3O5/c1-18(16(23)24)7-9-20(11-18)17(25)19-12-5-6-13(14(10-12)26-2)21-8-3-4-15(21)22/h5-6,10H,3-4,7-9,11H2,1-2H3,(H,19,25)(H,23,24). The van der Waals surface area contributed by atoms with Crippen LogP contribution in [0.5, 0.6) is 5.75 Å². The lowest BCUT2D eigenvalue weighted by molar-refractivity contribution is -0.147. The Morgan fingerprint density at radius 3 is 2.65 bits per heavy atom. The Morgan fingerprint density at radius 1 is 1.31 bits per heavy atom. The first kappa shape index (κ1) is 18.0. The number of methoxy groups -OCH3 is 1. The number of aliphatic carboxylic acids is 1. The van der Waals surface area contributed by atoms with Crippen molar-refractivity contribution in [3.8, 4) is 5.75 Å². The van der Waals surface area contributed by atoms with E-state index in [0.717, 1.165) is 6.42 Å². The van der Waals surface area contributed by atoms with Gasteiger partial charge in [-0.1, -0.05) is 0 Å². The lowest BCUT2D eigenvalue weighted by Crippen LogP contribution is -2.37. The molecule has 2 N–H and O–H groups in total. The smallest absolute Gasteiger partial charge is 0.321 e. The number of carbonyl (C=O) groups is 3. The molecular formula is C18H23N3O5. The molecule has 2 aliphatic rings. The van der Waals surface area contributed by atoms with E-state index in [1.807, 2.05) is 0 Å². The number of carboxylic acid groups (broad SMARTS) is 1. The van der Waals surface area contributed by atoms with Crippen molar-refractivity contribution in [1.29, 1.82) is 0 Å². The average molecular weight is 361 g/mol. The molecule has 8 heteroatoms. The van der Waals surface area contributed by atoms with Crippen molar-refractivity contribution < 1.29 is 24.2 Å². The number of hydrogen-bond acceptors (Lipinski definition) is 4. The molecule has 0 spiro atoms. The Labute approximate surface area is 151 Å². The van der Waals surface area contributed by atoms with Crippen molar-refractivity contribution in [3.05, 3.63) is 18.2 Å². The number of nitrogens with zero attached hydrogens (tertiary/aromatic N) is 2. The molecule has 0 saturated carbocycles. The van der Waals surface area contributed by atoms with Crippen LogP contribution in [0.25, 0.3) is 0 Å². The van der Waals surface area contributed by atoms with Crippen LogP contribution in [0.1, 0.15) is 26.2 Å². The second-order valence-electron chi connectivity index (χ2n) is 7.00. The predicted molar refractivity (Wildman–Crippen MR) is 95.5 cm³/mol. The van der Waals surface area contributed by atoms with Crippen molar-refractivity contribution in [2.45, 2.75) is 26.2 Å². The monoisotopic (exact) mass is 361 g/mol. The van der Waals surface area contributed by atoms with Gasteiger partial charge in [0.05, 0.1) is 18.2 Å². The molecule has 0 aromatic heterocycles. The molecule has 26 heavy (non-hydrogen) atoms. The molecule has 3 rings (SSSR count). The number of hydrogen-bond donors (Lipinski definition) is 2. The predicted octanol–water partition coefficient (Wildman–Crippen LogP) is 2.15. The number of anilines is 2. The van der Waals surface area contributed by atoms with Gasteiger partial charge in [0.2, 0.25) is 5.91 Å². The fourth-order valence-corrected chi connectivity index (χ4v) is 3.39. The molecule has 2 saturated heterocycles. The van der Waals surface area contributed by atoms with Gasteiger partial charge in [-0.05, 0) is 31.9 Å². The molecule has 1 aromatic rings. The lowest BCUT2D eigenvalue weighted by atomic mass is 9.90. The minimum atomic E-state index is -0.908. The van der Waals surface area contributed by atoms with Crippen molar-refractivity contribution in [3.63, 3.8) is 0 Å². The van der Waals surface area contributed by atoms with Crippen LogP contribution in [0.15, 0.2) is 18.2 Å². The minimum Gasteiger partial charge on any atom is -0.494 e. The molecule has 0 aliphatic carbocycles. The molecule has 1 aromatic carbocycles. The zero-order chi connectivity index (χ0) is 18.9. The second-order valence-corrected chi connectivity index (χ2v) is 7.00. The summed E-state index contributed by atoms with van der Waals surface area (Å²) < 4.78 is 5.38. The number of likely N-dealkylation sites (tertiary alicyclic amines) is 1. The molecule has 2 fully saturated rings. The quantitative estimate of drug-likeness (QED) is 0.856. The van der Waals surface area contributed by atoms with Crippen LogP contribution < -0.4 is 15.0 Å². The number of nitrogens with one attached hydrogen (secondary N) is 1. The van der Waals surface area contributed by atoms with E-state index in [-0.39, 0.29) is 18.5 Å². The van der Waals surface area contributed by atoms with Gasteiger partial charge >= 0.3 is 12.0 Å². The summed E-state index contributed by atoms with van der Waals surface area (Å²) in [5.41, 5.74) is 0.313. The molecule has 2 aliphatic heterocycles. The van der Waals surface area contributed by atoms with Crippen LogP contribution in [-0.2, 0) is 9.59 Å². The van der Waals surface area contributed by atoms with Gasteiger partial charge in [0.25, 0.3) is 0 Å². The number of ether oxygens (including phenoxy) is 1. The van der Waals surface area contributed by atoms with Crippen molar-refractivity contribution in [1.82, 2.24) is 4.90 Å². The van der Waals surface area contributed by atoms with E-state index in [1.54, 1.807) is 30.0 Å². The molecule has 0 radical (unpaired) electrons.